The maximum Gasteiger partial charge on any atom is 0.154 e. The van der Waals surface area contributed by atoms with E-state index in [0.29, 0.717) is 0 Å². The standard InChI is InChI=1S/C14H19NO3S2/c1-3-20(16,17)12-11(10-7-5-4-6-8-10)14(12,9-18-2)13(15)19/h4-8,11-12H,3,9H2,1-2H3,(H2,15,19)/t11-,12+,14+/m0/s1. The van der Waals surface area contributed by atoms with Gasteiger partial charge in [-0.1, -0.05) is 49.5 Å². The number of rotatable bonds is 6. The molecular formula is C14H19NO3S2. The first-order valence-corrected chi connectivity index (χ1v) is 8.59. The van der Waals surface area contributed by atoms with Crippen molar-refractivity contribution in [2.24, 2.45) is 11.1 Å². The third kappa shape index (κ3) is 2.25. The van der Waals surface area contributed by atoms with Crippen LogP contribution in [0.3, 0.4) is 0 Å². The second kappa shape index (κ2) is 5.42. The van der Waals surface area contributed by atoms with Crippen LogP contribution in [0.25, 0.3) is 0 Å². The van der Waals surface area contributed by atoms with Gasteiger partial charge in [0.25, 0.3) is 0 Å². The van der Waals surface area contributed by atoms with Gasteiger partial charge in [0.05, 0.1) is 22.3 Å². The van der Waals surface area contributed by atoms with Crippen LogP contribution < -0.4 is 5.73 Å². The summed E-state index contributed by atoms with van der Waals surface area (Å²) in [5.41, 5.74) is 6.04. The van der Waals surface area contributed by atoms with Crippen molar-refractivity contribution in [2.75, 3.05) is 19.5 Å². The Bertz CT molecular complexity index is 600. The summed E-state index contributed by atoms with van der Waals surface area (Å²) in [4.78, 5) is 0.218. The smallest absolute Gasteiger partial charge is 0.154 e. The molecule has 2 N–H and O–H groups in total. The van der Waals surface area contributed by atoms with Gasteiger partial charge in [0.2, 0.25) is 0 Å². The zero-order chi connectivity index (χ0) is 15.0. The second-order valence-corrected chi connectivity index (χ2v) is 7.95. The van der Waals surface area contributed by atoms with Crippen LogP contribution >= 0.6 is 12.2 Å². The van der Waals surface area contributed by atoms with E-state index in [1.165, 1.54) is 7.11 Å². The van der Waals surface area contributed by atoms with Gasteiger partial charge in [0.15, 0.2) is 9.84 Å². The highest BCUT2D eigenvalue weighted by atomic mass is 32.2. The summed E-state index contributed by atoms with van der Waals surface area (Å²) < 4.78 is 30.0. The first-order chi connectivity index (χ1) is 9.41. The van der Waals surface area contributed by atoms with E-state index in [9.17, 15) is 8.42 Å². The lowest BCUT2D eigenvalue weighted by molar-refractivity contribution is 0.166. The van der Waals surface area contributed by atoms with Crippen molar-refractivity contribution in [3.8, 4) is 0 Å². The minimum atomic E-state index is -3.24. The van der Waals surface area contributed by atoms with E-state index in [1.807, 2.05) is 30.3 Å². The average Bonchev–Trinajstić information content (AvgIpc) is 3.11. The molecule has 1 aliphatic carbocycles. The predicted molar refractivity (Wildman–Crippen MR) is 83.5 cm³/mol. The SMILES string of the molecule is CCS(=O)(=O)[C@@H]1[C@H](c2ccccc2)[C@@]1(COC)C(N)=S. The predicted octanol–water partition coefficient (Wildman–Crippen LogP) is 1.51. The van der Waals surface area contributed by atoms with E-state index in [2.05, 4.69) is 0 Å². The van der Waals surface area contributed by atoms with Gasteiger partial charge in [-0.05, 0) is 5.56 Å². The first-order valence-electron chi connectivity index (χ1n) is 6.47. The molecule has 1 aliphatic rings. The van der Waals surface area contributed by atoms with E-state index in [-0.39, 0.29) is 23.3 Å². The Hall–Kier alpha value is -0.980. The van der Waals surface area contributed by atoms with Crippen LogP contribution in [0.4, 0.5) is 0 Å². The Balaban J connectivity index is 2.51. The Kier molecular flexibility index (Phi) is 4.18. The van der Waals surface area contributed by atoms with Crippen LogP contribution in [0.5, 0.6) is 0 Å². The maximum atomic E-state index is 12.4. The molecular weight excluding hydrogens is 294 g/mol. The highest BCUT2D eigenvalue weighted by Crippen LogP contribution is 2.63. The number of nitrogens with two attached hydrogens (primary N) is 1. The van der Waals surface area contributed by atoms with Crippen molar-refractivity contribution in [2.45, 2.75) is 18.1 Å². The lowest BCUT2D eigenvalue weighted by Crippen LogP contribution is -2.33. The van der Waals surface area contributed by atoms with Gasteiger partial charge in [-0.15, -0.1) is 0 Å². The Morgan fingerprint density at radius 3 is 2.45 bits per heavy atom. The summed E-state index contributed by atoms with van der Waals surface area (Å²) in [5.74, 6) is -0.138. The molecule has 0 aromatic heterocycles. The third-order valence-corrected chi connectivity index (χ3v) is 6.70. The van der Waals surface area contributed by atoms with Crippen LogP contribution in [0, 0.1) is 5.41 Å². The van der Waals surface area contributed by atoms with Gasteiger partial charge in [0, 0.05) is 18.8 Å². The summed E-state index contributed by atoms with van der Waals surface area (Å²) in [7, 11) is -1.71. The molecule has 0 saturated heterocycles. The van der Waals surface area contributed by atoms with Crippen molar-refractivity contribution in [3.63, 3.8) is 0 Å². The highest BCUT2D eigenvalue weighted by Gasteiger charge is 2.72. The molecule has 1 aromatic rings. The van der Waals surface area contributed by atoms with Gasteiger partial charge < -0.3 is 10.5 Å². The summed E-state index contributed by atoms with van der Waals surface area (Å²) in [5, 5.41) is -0.583. The van der Waals surface area contributed by atoms with Crippen molar-refractivity contribution >= 4 is 27.0 Å². The fourth-order valence-corrected chi connectivity index (χ4v) is 5.49. The van der Waals surface area contributed by atoms with Crippen molar-refractivity contribution in [1.29, 1.82) is 0 Å². The largest absolute Gasteiger partial charge is 0.393 e. The number of hydrogen-bond donors (Lipinski definition) is 1. The molecule has 110 valence electrons. The molecule has 0 bridgehead atoms. The summed E-state index contributed by atoms with van der Waals surface area (Å²) in [6.07, 6.45) is 0. The molecule has 1 saturated carbocycles. The van der Waals surface area contributed by atoms with Gasteiger partial charge in [0.1, 0.15) is 0 Å². The second-order valence-electron chi connectivity index (χ2n) is 5.10. The van der Waals surface area contributed by atoms with Gasteiger partial charge >= 0.3 is 0 Å². The molecule has 2 rings (SSSR count). The van der Waals surface area contributed by atoms with E-state index < -0.39 is 20.5 Å². The quantitative estimate of drug-likeness (QED) is 0.806. The normalized spacial score (nSPS) is 29.1. The van der Waals surface area contributed by atoms with Crippen LogP contribution in [0.1, 0.15) is 18.4 Å². The van der Waals surface area contributed by atoms with Gasteiger partial charge in [-0.2, -0.15) is 0 Å². The minimum absolute atomic E-state index is 0.0785. The lowest BCUT2D eigenvalue weighted by atomic mass is 10.00. The number of benzene rings is 1. The Labute approximate surface area is 125 Å². The molecule has 0 heterocycles. The van der Waals surface area contributed by atoms with E-state index >= 15 is 0 Å². The molecule has 0 aliphatic heterocycles. The van der Waals surface area contributed by atoms with E-state index in [1.54, 1.807) is 6.92 Å². The number of sulfone groups is 1. The number of methoxy groups -OCH3 is 1. The minimum Gasteiger partial charge on any atom is -0.393 e. The molecule has 4 nitrogen and oxygen atoms in total. The monoisotopic (exact) mass is 313 g/mol. The van der Waals surface area contributed by atoms with Crippen molar-refractivity contribution in [3.05, 3.63) is 35.9 Å². The Morgan fingerprint density at radius 1 is 1.40 bits per heavy atom. The number of thiocarbonyl (C=S) groups is 1. The van der Waals surface area contributed by atoms with E-state index in [4.69, 9.17) is 22.7 Å². The zero-order valence-electron chi connectivity index (χ0n) is 11.6. The van der Waals surface area contributed by atoms with Crippen LogP contribution in [0.15, 0.2) is 30.3 Å². The summed E-state index contributed by atoms with van der Waals surface area (Å²) in [6, 6.07) is 9.51. The zero-order valence-corrected chi connectivity index (χ0v) is 13.2. The summed E-state index contributed by atoms with van der Waals surface area (Å²) in [6.45, 7) is 1.87. The topological polar surface area (TPSA) is 69.4 Å². The van der Waals surface area contributed by atoms with Crippen LogP contribution in [-0.4, -0.2) is 38.1 Å². The van der Waals surface area contributed by atoms with Crippen LogP contribution in [0.2, 0.25) is 0 Å². The van der Waals surface area contributed by atoms with Crippen molar-refractivity contribution in [1.82, 2.24) is 0 Å². The third-order valence-electron chi connectivity index (χ3n) is 4.05. The van der Waals surface area contributed by atoms with E-state index in [0.717, 1.165) is 5.56 Å². The summed E-state index contributed by atoms with van der Waals surface area (Å²) >= 11 is 5.16. The Morgan fingerprint density at radius 2 is 2.00 bits per heavy atom. The maximum absolute atomic E-state index is 12.4. The molecule has 0 unspecified atom stereocenters. The number of ether oxygens (including phenoxy) is 1. The molecule has 0 amide bonds. The average molecular weight is 313 g/mol. The highest BCUT2D eigenvalue weighted by molar-refractivity contribution is 7.92. The fourth-order valence-electron chi connectivity index (χ4n) is 3.02. The molecule has 1 fully saturated rings. The molecule has 0 spiro atoms. The van der Waals surface area contributed by atoms with Crippen molar-refractivity contribution < 1.29 is 13.2 Å². The fraction of sp³-hybridized carbons (Fsp3) is 0.500. The number of hydrogen-bond acceptors (Lipinski definition) is 4. The first kappa shape index (κ1) is 15.4. The lowest BCUT2D eigenvalue weighted by Gasteiger charge is -2.15. The van der Waals surface area contributed by atoms with Crippen LogP contribution in [-0.2, 0) is 14.6 Å². The molecule has 6 heteroatoms. The van der Waals surface area contributed by atoms with Gasteiger partial charge in [-0.25, -0.2) is 8.42 Å². The molecule has 20 heavy (non-hydrogen) atoms. The molecule has 1 aromatic carbocycles. The van der Waals surface area contributed by atoms with Gasteiger partial charge in [-0.3, -0.25) is 0 Å². The molecule has 3 atom stereocenters. The molecule has 0 radical (unpaired) electrons.